The number of amides is 3. The standard InChI is InChI=1S/C19H21N3O2.C18H20N4O2.C15H13N3O2.C15H15N3.C11H13NO5.C8H7N3O2.C7H9BO2.C2H6O.2ClH.2H2O.Pd.3H2S/c1-12-5-4-6-16(7-12)22-18-9-17(21-19(24)14(3)11-23)13(2)8-15(18)10-20-22;1-11-4-3-5-14(6-11)22-17-8-16(21-18(24)15(19)10-23)12(2)7-13(17)9-20-22;1-10-4-3-5-13(6-10)17-15-8-14(18(19)20)11(2)7-12(15)9-16-17;1-10-4-3-5-13(6-10)18-15-8-14(16)11(2)7-12(15)9-17-18;13-6-9(10(14)15)12-11(16)17-7-8-4-2-1-3-5-8;1-5-2-6-4-9-10-7(6)3-8(5)11(12)13;1-6-3-2-4-7(5-6)8(9)10;1-2-3;;;;;;;;/h4-10,14,23H,11H2,1-3H3,(H,21,24);3-9,15,23H,10,19H2,1-2H3,(H,21,24);3-9H,1-2H3;3-9H,16H2,1-2H3;1-5,9,13H,6-7H2,(H,12,16)(H,14,15);2-4H,1H3,(H,9,10);2-5,9-10H,1H3;3H,2H2,1H3;2*1H;2*1H2;;3*1H2/t14-;15-;;;9-;;;;;;;;;;;/m00..0.........../s1. The quantitative estimate of drug-likeness (QED) is 0.0164. The van der Waals surface area contributed by atoms with Gasteiger partial charge in [0.15, 0.2) is 6.04 Å². The van der Waals surface area contributed by atoms with Crippen LogP contribution in [0.15, 0.2) is 243 Å². The van der Waals surface area contributed by atoms with E-state index in [-0.39, 0.29) is 139 Å². The van der Waals surface area contributed by atoms with Crippen molar-refractivity contribution in [2.45, 2.75) is 102 Å². The predicted molar refractivity (Wildman–Crippen MR) is 554 cm³/mol. The van der Waals surface area contributed by atoms with Gasteiger partial charge in [0.05, 0.1) is 117 Å². The number of ether oxygens (including phenoxy) is 1. The number of aliphatic hydroxyl groups excluding tert-OH is 4. The fourth-order valence-electron chi connectivity index (χ4n) is 12.9. The molecule has 0 aliphatic carbocycles. The Labute approximate surface area is 838 Å². The van der Waals surface area contributed by atoms with E-state index < -0.39 is 61.2 Å². The number of carboxylic acids is 1. The number of anilines is 3. The second-order valence-corrected chi connectivity index (χ2v) is 30.3. The van der Waals surface area contributed by atoms with Crippen molar-refractivity contribution in [3.63, 3.8) is 0 Å². The third kappa shape index (κ3) is 34.1. The number of H-pyrrole nitrogens is 1. The average molecular weight is 2070 g/mol. The van der Waals surface area contributed by atoms with E-state index in [1.807, 2.05) is 195 Å². The fourth-order valence-corrected chi connectivity index (χ4v) is 12.9. The number of fused-ring (bicyclic) bond motifs is 5. The first-order valence-electron chi connectivity index (χ1n) is 40.8. The van der Waals surface area contributed by atoms with Gasteiger partial charge in [0.2, 0.25) is 11.8 Å². The fraction of sp³-hybridized carbons (Fsp3) is 0.211. The van der Waals surface area contributed by atoms with Crippen molar-refractivity contribution < 1.29 is 101 Å². The Hall–Kier alpha value is -13.0. The maximum absolute atomic E-state index is 12.1. The van der Waals surface area contributed by atoms with E-state index in [0.717, 1.165) is 128 Å². The number of aliphatic carboxylic acids is 1. The van der Waals surface area contributed by atoms with Crippen molar-refractivity contribution in [2.75, 3.05) is 42.8 Å². The zero-order valence-electron chi connectivity index (χ0n) is 77.0. The maximum atomic E-state index is 12.1. The second-order valence-electron chi connectivity index (χ2n) is 30.3. The minimum atomic E-state index is -1.35. The molecule has 19 N–H and O–H groups in total. The molecule has 3 amide bonds. The van der Waals surface area contributed by atoms with Crippen molar-refractivity contribution in [1.82, 2.24) is 54.6 Å². The second kappa shape index (κ2) is 58.5. The van der Waals surface area contributed by atoms with Crippen molar-refractivity contribution in [3.05, 3.63) is 325 Å². The number of nitrogens with zero attached hydrogens (tertiary/aromatic N) is 11. The molecule has 11 aromatic carbocycles. The van der Waals surface area contributed by atoms with Crippen LogP contribution in [0.4, 0.5) is 33.2 Å². The van der Waals surface area contributed by atoms with Crippen LogP contribution >= 0.6 is 65.3 Å². The van der Waals surface area contributed by atoms with Gasteiger partial charge < -0.3 is 78.7 Å². The van der Waals surface area contributed by atoms with Gasteiger partial charge in [-0.05, 0) is 223 Å². The van der Waals surface area contributed by atoms with Crippen LogP contribution in [0.25, 0.3) is 77.3 Å². The van der Waals surface area contributed by atoms with Crippen LogP contribution in [0.3, 0.4) is 0 Å². The van der Waals surface area contributed by atoms with E-state index in [1.165, 1.54) is 11.6 Å². The smallest absolute Gasteiger partial charge is 0.480 e. The number of nitrogen functional groups attached to an aromatic ring is 1. The molecule has 16 rings (SSSR count). The molecule has 734 valence electrons. The first-order valence-corrected chi connectivity index (χ1v) is 40.8. The van der Waals surface area contributed by atoms with Gasteiger partial charge in [-0.25, -0.2) is 28.3 Å². The summed E-state index contributed by atoms with van der Waals surface area (Å²) in [5, 5.41) is 119. The molecule has 0 radical (unpaired) electrons. The summed E-state index contributed by atoms with van der Waals surface area (Å²) in [5.41, 5.74) is 33.4. The molecule has 0 saturated heterocycles. The van der Waals surface area contributed by atoms with Gasteiger partial charge in [-0.2, -0.15) is 66.0 Å². The molecule has 0 saturated carbocycles. The number of hydrogen-bond acceptors (Lipinski definition) is 22. The van der Waals surface area contributed by atoms with Crippen LogP contribution in [-0.4, -0.2) is 175 Å². The zero-order valence-corrected chi connectivity index (χ0v) is 83.1. The molecular formula is C95H116BCl2N17O18PdS3. The van der Waals surface area contributed by atoms with Gasteiger partial charge >= 0.3 is 19.2 Å². The number of aromatic nitrogens is 10. The Bertz CT molecular complexity index is 6490. The average Bonchev–Trinajstić information content (AvgIpc) is 1.66. The molecule has 5 aromatic heterocycles. The molecule has 35 nitrogen and oxygen atoms in total. The SMILES string of the molecule is CCO.Cc1cc2cn[nH]c2cc1[N+](=O)[O-].Cc1cccc(-n2ncc3cc(C)c(N)cc32)c1.Cc1cccc(-n2ncc3cc(C)c(NC(=O)[C@@H](C)CO)cc32)c1.Cc1cccc(-n2ncc3cc(C)c(NC(=O)[C@@H](N)CO)cc32)c1.Cc1cccc(-n2ncc3cc(C)c([N+](=O)[O-])cc32)c1.Cc1cccc(B(O)O)c1.Cl.Cl.O.O.O=C(N[C@@H](CO)C(=O)O)OCc1ccccc1.S.S.S.[Pd]. The summed E-state index contributed by atoms with van der Waals surface area (Å²) in [5.74, 6) is -2.37. The number of rotatable bonds is 18. The van der Waals surface area contributed by atoms with Crippen LogP contribution in [0.1, 0.15) is 75.0 Å². The maximum Gasteiger partial charge on any atom is 0.488 e. The number of halogens is 2. The predicted octanol–water partition coefficient (Wildman–Crippen LogP) is 13.2. The summed E-state index contributed by atoms with van der Waals surface area (Å²) in [6.07, 6.45) is 8.00. The number of nitrogens with two attached hydrogens (primary N) is 2. The van der Waals surface area contributed by atoms with E-state index in [4.69, 9.17) is 51.8 Å². The van der Waals surface area contributed by atoms with Crippen molar-refractivity contribution in [1.29, 1.82) is 0 Å². The summed E-state index contributed by atoms with van der Waals surface area (Å²) in [6.45, 7) is 21.8. The van der Waals surface area contributed by atoms with Crippen LogP contribution < -0.4 is 32.9 Å². The molecule has 137 heavy (non-hydrogen) atoms. The first-order chi connectivity index (χ1) is 61.6. The Kier molecular flexibility index (Phi) is 52.1. The number of carbonyl (C=O) groups is 4. The van der Waals surface area contributed by atoms with Gasteiger partial charge in [-0.15, -0.1) is 24.8 Å². The number of aliphatic hydroxyl groups is 4. The van der Waals surface area contributed by atoms with Crippen molar-refractivity contribution >= 4 is 185 Å². The van der Waals surface area contributed by atoms with Crippen LogP contribution in [0.2, 0.25) is 0 Å². The molecule has 42 heteroatoms. The third-order valence-electron chi connectivity index (χ3n) is 19.9. The molecular weight excluding hydrogens is 1950 g/mol. The number of carbonyl (C=O) groups excluding carboxylic acids is 3. The molecule has 0 aliphatic rings. The molecule has 0 spiro atoms. The topological polar surface area (TPSA) is 556 Å². The summed E-state index contributed by atoms with van der Waals surface area (Å²) in [6, 6.07) is 64.6. The van der Waals surface area contributed by atoms with E-state index in [9.17, 15) is 39.4 Å². The summed E-state index contributed by atoms with van der Waals surface area (Å²) in [4.78, 5) is 66.6. The number of aromatic amines is 1. The number of alkyl carbamates (subject to hydrolysis) is 1. The Morgan fingerprint density at radius 1 is 0.474 bits per heavy atom. The van der Waals surface area contributed by atoms with Gasteiger partial charge in [0, 0.05) is 94.3 Å². The van der Waals surface area contributed by atoms with E-state index in [2.05, 4.69) is 78.5 Å². The summed E-state index contributed by atoms with van der Waals surface area (Å²) < 4.78 is 12.2. The summed E-state index contributed by atoms with van der Waals surface area (Å²) in [7, 11) is -1.35. The van der Waals surface area contributed by atoms with Gasteiger partial charge in [0.25, 0.3) is 11.4 Å². The molecule has 3 atom stereocenters. The van der Waals surface area contributed by atoms with Crippen molar-refractivity contribution in [3.8, 4) is 22.7 Å². The molecule has 0 bridgehead atoms. The molecule has 16 aromatic rings. The number of hydrogen-bond donors (Lipinski definition) is 13. The normalized spacial score (nSPS) is 10.6. The van der Waals surface area contributed by atoms with Crippen molar-refractivity contribution in [2.24, 2.45) is 11.7 Å². The number of aryl methyl sites for hydroxylation is 10. The Morgan fingerprint density at radius 2 is 0.839 bits per heavy atom. The van der Waals surface area contributed by atoms with E-state index in [0.29, 0.717) is 27.8 Å². The minimum Gasteiger partial charge on any atom is -0.480 e. The Balaban J connectivity index is 0.000000798. The molecule has 0 unspecified atom stereocenters. The first kappa shape index (κ1) is 122. The van der Waals surface area contributed by atoms with Crippen LogP contribution in [0.5, 0.6) is 0 Å². The largest absolute Gasteiger partial charge is 0.488 e. The number of benzene rings is 11. The van der Waals surface area contributed by atoms with Gasteiger partial charge in [-0.3, -0.25) is 34.9 Å². The van der Waals surface area contributed by atoms with E-state index >= 15 is 0 Å². The van der Waals surface area contributed by atoms with E-state index in [1.54, 1.807) is 112 Å². The number of nitro groups is 2. The monoisotopic (exact) mass is 2070 g/mol. The summed E-state index contributed by atoms with van der Waals surface area (Å²) >= 11 is 0. The minimum absolute atomic E-state index is 0. The van der Waals surface area contributed by atoms with Gasteiger partial charge in [0.1, 0.15) is 12.6 Å². The van der Waals surface area contributed by atoms with Gasteiger partial charge in [-0.1, -0.05) is 116 Å². The molecule has 5 heterocycles. The molecule has 0 fully saturated rings. The molecule has 0 aliphatic heterocycles. The zero-order chi connectivity index (χ0) is 93.9. The van der Waals surface area contributed by atoms with Crippen LogP contribution in [0, 0.1) is 95.4 Å². The van der Waals surface area contributed by atoms with Crippen LogP contribution in [-0.2, 0) is 46.2 Å². The third-order valence-corrected chi connectivity index (χ3v) is 19.9. The number of carboxylic acid groups (broad SMARTS) is 1. The Morgan fingerprint density at radius 3 is 1.20 bits per heavy atom. The number of nitro benzene ring substituents is 2. The number of nitrogens with one attached hydrogen (secondary N) is 4.